The van der Waals surface area contributed by atoms with E-state index in [4.69, 9.17) is 16.6 Å². The molecule has 0 saturated heterocycles. The summed E-state index contributed by atoms with van der Waals surface area (Å²) in [7, 11) is 0. The minimum Gasteiger partial charge on any atom is -0.375 e. The molecular weight excluding hydrogens is 438 g/mol. The average molecular weight is 465 g/mol. The first-order chi connectivity index (χ1) is 16.8. The Balaban J connectivity index is 1.70. The summed E-state index contributed by atoms with van der Waals surface area (Å²) in [5.74, 6) is 0.908. The highest BCUT2D eigenvalue weighted by molar-refractivity contribution is 6.30. The second-order valence-electron chi connectivity index (χ2n) is 9.13. The van der Waals surface area contributed by atoms with Gasteiger partial charge in [-0.25, -0.2) is 0 Å². The summed E-state index contributed by atoms with van der Waals surface area (Å²) in [5.41, 5.74) is 5.44. The molecule has 3 nitrogen and oxygen atoms in total. The quantitative estimate of drug-likeness (QED) is 0.218. The molecule has 1 saturated carbocycles. The van der Waals surface area contributed by atoms with Crippen LogP contribution in [0.4, 0.5) is 5.69 Å². The molecular formula is C30H27ClN3+. The maximum atomic E-state index is 6.22. The Morgan fingerprint density at radius 3 is 2.29 bits per heavy atom. The van der Waals surface area contributed by atoms with E-state index in [1.807, 2.05) is 12.1 Å². The van der Waals surface area contributed by atoms with Gasteiger partial charge in [0.15, 0.2) is 5.52 Å². The van der Waals surface area contributed by atoms with Gasteiger partial charge in [-0.05, 0) is 53.5 Å². The first-order valence-electron chi connectivity index (χ1n) is 12.1. The molecule has 0 bridgehead atoms. The lowest BCUT2D eigenvalue weighted by Crippen LogP contribution is -2.31. The molecule has 2 aromatic heterocycles. The van der Waals surface area contributed by atoms with E-state index in [-0.39, 0.29) is 0 Å². The van der Waals surface area contributed by atoms with Crippen molar-refractivity contribution in [3.05, 3.63) is 96.1 Å². The molecule has 0 radical (unpaired) electrons. The Hall–Kier alpha value is -3.43. The second-order valence-corrected chi connectivity index (χ2v) is 9.57. The van der Waals surface area contributed by atoms with Crippen LogP contribution < -0.4 is 9.72 Å². The van der Waals surface area contributed by atoms with Gasteiger partial charge in [-0.3, -0.25) is 0 Å². The van der Waals surface area contributed by atoms with Gasteiger partial charge in [0.2, 0.25) is 5.69 Å². The van der Waals surface area contributed by atoms with E-state index in [0.29, 0.717) is 6.04 Å². The second kappa shape index (κ2) is 9.08. The van der Waals surface area contributed by atoms with Gasteiger partial charge in [0, 0.05) is 22.0 Å². The number of benzene rings is 3. The minimum atomic E-state index is 0.460. The SMILES string of the molecule is Clc1ccc(-c2nc(-c3ccccc3)c(NC3CCCCC3)c3c4ccccc4cc[n+]23)cc1. The third kappa shape index (κ3) is 3.91. The number of pyridine rings is 1. The number of halogens is 1. The summed E-state index contributed by atoms with van der Waals surface area (Å²) in [6, 6.07) is 29.8. The van der Waals surface area contributed by atoms with Crippen molar-refractivity contribution < 1.29 is 4.40 Å². The summed E-state index contributed by atoms with van der Waals surface area (Å²) in [4.78, 5) is 5.30. The Morgan fingerprint density at radius 2 is 1.50 bits per heavy atom. The molecule has 4 heteroatoms. The predicted octanol–water partition coefficient (Wildman–Crippen LogP) is 7.71. The highest BCUT2D eigenvalue weighted by Crippen LogP contribution is 2.36. The summed E-state index contributed by atoms with van der Waals surface area (Å²) in [5, 5.41) is 7.13. The molecule has 0 unspecified atom stereocenters. The first-order valence-corrected chi connectivity index (χ1v) is 12.5. The van der Waals surface area contributed by atoms with Crippen LogP contribution >= 0.6 is 11.6 Å². The molecule has 168 valence electrons. The van der Waals surface area contributed by atoms with Crippen LogP contribution in [0.25, 0.3) is 38.9 Å². The zero-order valence-electron chi connectivity index (χ0n) is 19.0. The molecule has 1 aliphatic rings. The summed E-state index contributed by atoms with van der Waals surface area (Å²) < 4.78 is 2.24. The lowest BCUT2D eigenvalue weighted by Gasteiger charge is -2.24. The van der Waals surface area contributed by atoms with Crippen LogP contribution in [-0.4, -0.2) is 11.0 Å². The normalized spacial score (nSPS) is 14.5. The molecule has 0 spiro atoms. The Bertz CT molecular complexity index is 1460. The van der Waals surface area contributed by atoms with Crippen molar-refractivity contribution in [3.8, 4) is 22.6 Å². The van der Waals surface area contributed by atoms with Crippen molar-refractivity contribution in [1.29, 1.82) is 0 Å². The highest BCUT2D eigenvalue weighted by atomic mass is 35.5. The number of nitrogens with zero attached hydrogens (tertiary/aromatic N) is 2. The van der Waals surface area contributed by atoms with Gasteiger partial charge in [-0.15, -0.1) is 0 Å². The van der Waals surface area contributed by atoms with Crippen molar-refractivity contribution in [1.82, 2.24) is 4.98 Å². The number of hydrogen-bond acceptors (Lipinski definition) is 2. The van der Waals surface area contributed by atoms with E-state index in [1.165, 1.54) is 48.4 Å². The van der Waals surface area contributed by atoms with E-state index in [0.717, 1.165) is 33.4 Å². The average Bonchev–Trinajstić information content (AvgIpc) is 2.90. The monoisotopic (exact) mass is 464 g/mol. The van der Waals surface area contributed by atoms with Crippen molar-refractivity contribution in [3.63, 3.8) is 0 Å². The van der Waals surface area contributed by atoms with Crippen LogP contribution in [0.15, 0.2) is 91.1 Å². The first kappa shape index (κ1) is 21.1. The molecule has 2 heterocycles. The Morgan fingerprint density at radius 1 is 0.765 bits per heavy atom. The topological polar surface area (TPSA) is 29.0 Å². The van der Waals surface area contributed by atoms with Gasteiger partial charge in [-0.1, -0.05) is 85.5 Å². The predicted molar refractivity (Wildman–Crippen MR) is 141 cm³/mol. The molecule has 1 aliphatic carbocycles. The highest BCUT2D eigenvalue weighted by Gasteiger charge is 2.28. The van der Waals surface area contributed by atoms with E-state index >= 15 is 0 Å². The fraction of sp³-hybridized carbons (Fsp3) is 0.200. The van der Waals surface area contributed by atoms with E-state index in [1.54, 1.807) is 0 Å². The van der Waals surface area contributed by atoms with Gasteiger partial charge in [0.1, 0.15) is 5.69 Å². The van der Waals surface area contributed by atoms with Gasteiger partial charge in [-0.2, -0.15) is 4.40 Å². The van der Waals surface area contributed by atoms with Gasteiger partial charge >= 0.3 is 5.82 Å². The molecule has 3 aromatic carbocycles. The van der Waals surface area contributed by atoms with Crippen LogP contribution in [0.2, 0.25) is 5.02 Å². The summed E-state index contributed by atoms with van der Waals surface area (Å²) >= 11 is 6.22. The maximum absolute atomic E-state index is 6.22. The van der Waals surface area contributed by atoms with E-state index in [2.05, 4.69) is 88.7 Å². The molecule has 6 rings (SSSR count). The molecule has 34 heavy (non-hydrogen) atoms. The van der Waals surface area contributed by atoms with E-state index < -0.39 is 0 Å². The van der Waals surface area contributed by atoms with Crippen molar-refractivity contribution in [2.24, 2.45) is 0 Å². The zero-order chi connectivity index (χ0) is 22.9. The summed E-state index contributed by atoms with van der Waals surface area (Å²) in [6.45, 7) is 0. The van der Waals surface area contributed by atoms with Crippen molar-refractivity contribution in [2.45, 2.75) is 38.1 Å². The van der Waals surface area contributed by atoms with E-state index in [9.17, 15) is 0 Å². The lowest BCUT2D eigenvalue weighted by molar-refractivity contribution is -0.501. The maximum Gasteiger partial charge on any atom is 0.336 e. The molecule has 1 N–H and O–H groups in total. The Labute approximate surface area is 205 Å². The molecule has 1 fully saturated rings. The van der Waals surface area contributed by atoms with Crippen LogP contribution in [0.3, 0.4) is 0 Å². The molecule has 0 aliphatic heterocycles. The number of fused-ring (bicyclic) bond motifs is 3. The van der Waals surface area contributed by atoms with Crippen LogP contribution in [0.1, 0.15) is 32.1 Å². The lowest BCUT2D eigenvalue weighted by atomic mass is 9.94. The van der Waals surface area contributed by atoms with Gasteiger partial charge in [0.25, 0.3) is 0 Å². The van der Waals surface area contributed by atoms with Gasteiger partial charge in [0.05, 0.1) is 11.8 Å². The largest absolute Gasteiger partial charge is 0.375 e. The number of rotatable bonds is 4. The Kier molecular flexibility index (Phi) is 5.64. The fourth-order valence-corrected chi connectivity index (χ4v) is 5.30. The third-order valence-corrected chi connectivity index (χ3v) is 7.13. The third-order valence-electron chi connectivity index (χ3n) is 6.88. The minimum absolute atomic E-state index is 0.460. The number of nitrogens with one attached hydrogen (secondary N) is 1. The summed E-state index contributed by atoms with van der Waals surface area (Å²) in [6.07, 6.45) is 8.43. The fourth-order valence-electron chi connectivity index (χ4n) is 5.17. The number of aromatic nitrogens is 2. The smallest absolute Gasteiger partial charge is 0.336 e. The standard InChI is InChI=1S/C30H27ClN3/c31-24-17-15-23(16-18-24)30-33-27(22-10-3-1-4-11-22)28(32-25-12-5-2-6-13-25)29-26-14-8-7-9-21(26)19-20-34(29)30/h1,3-4,7-11,14-20,25,32H,2,5-6,12-13H2/q+1. The molecule has 0 atom stereocenters. The van der Waals surface area contributed by atoms with Crippen molar-refractivity contribution >= 4 is 33.6 Å². The number of anilines is 1. The zero-order valence-corrected chi connectivity index (χ0v) is 19.8. The van der Waals surface area contributed by atoms with Crippen LogP contribution in [0, 0.1) is 0 Å². The van der Waals surface area contributed by atoms with Crippen LogP contribution in [0.5, 0.6) is 0 Å². The molecule has 0 amide bonds. The van der Waals surface area contributed by atoms with Crippen LogP contribution in [-0.2, 0) is 0 Å². The van der Waals surface area contributed by atoms with Crippen molar-refractivity contribution in [2.75, 3.05) is 5.32 Å². The number of hydrogen-bond donors (Lipinski definition) is 1. The molecule has 5 aromatic rings. The van der Waals surface area contributed by atoms with Gasteiger partial charge < -0.3 is 5.32 Å².